The summed E-state index contributed by atoms with van der Waals surface area (Å²) < 4.78 is 5.38. The Morgan fingerprint density at radius 1 is 1.27 bits per heavy atom. The van der Waals surface area contributed by atoms with Gasteiger partial charge in [0.25, 0.3) is 0 Å². The first-order valence-corrected chi connectivity index (χ1v) is 7.55. The van der Waals surface area contributed by atoms with Gasteiger partial charge in [0.1, 0.15) is 17.8 Å². The van der Waals surface area contributed by atoms with E-state index < -0.39 is 6.04 Å². The first kappa shape index (κ1) is 14.8. The van der Waals surface area contributed by atoms with Gasteiger partial charge in [0, 0.05) is 31.7 Å². The highest BCUT2D eigenvalue weighted by atomic mass is 16.5. The highest BCUT2D eigenvalue weighted by molar-refractivity contribution is 5.97. The SMILES string of the molecule is COc1ccccc1CN1CCN2C(=O)[C@@H](C)NC(=O)[C@H]2C1. The maximum absolute atomic E-state index is 12.1. The standard InChI is InChI=1S/C16H21N3O3/c1-11-16(21)19-8-7-18(10-13(19)15(20)17-11)9-12-5-3-4-6-14(12)22-2/h3-6,11,13H,7-10H2,1-2H3,(H,17,20)/t11-,13-/m1/s1. The molecule has 2 heterocycles. The molecule has 2 aliphatic rings. The molecule has 1 aromatic rings. The Labute approximate surface area is 130 Å². The maximum atomic E-state index is 12.1. The van der Waals surface area contributed by atoms with Crippen LogP contribution in [0.5, 0.6) is 5.75 Å². The van der Waals surface area contributed by atoms with Crippen LogP contribution in [0.15, 0.2) is 24.3 Å². The van der Waals surface area contributed by atoms with Crippen molar-refractivity contribution in [1.29, 1.82) is 0 Å². The topological polar surface area (TPSA) is 61.9 Å². The maximum Gasteiger partial charge on any atom is 0.245 e. The molecule has 2 saturated heterocycles. The Balaban J connectivity index is 1.71. The van der Waals surface area contributed by atoms with Crippen LogP contribution in [0.25, 0.3) is 0 Å². The molecule has 6 heteroatoms. The molecule has 0 spiro atoms. The molecule has 0 aliphatic carbocycles. The second kappa shape index (κ2) is 5.96. The molecule has 0 saturated carbocycles. The van der Waals surface area contributed by atoms with E-state index in [9.17, 15) is 9.59 Å². The summed E-state index contributed by atoms with van der Waals surface area (Å²) in [7, 11) is 1.66. The molecule has 2 aliphatic heterocycles. The fraction of sp³-hybridized carbons (Fsp3) is 0.500. The molecular formula is C16H21N3O3. The van der Waals surface area contributed by atoms with Crippen molar-refractivity contribution >= 4 is 11.8 Å². The summed E-state index contributed by atoms with van der Waals surface area (Å²) in [5.41, 5.74) is 1.09. The van der Waals surface area contributed by atoms with Crippen molar-refractivity contribution in [3.05, 3.63) is 29.8 Å². The van der Waals surface area contributed by atoms with E-state index in [2.05, 4.69) is 10.2 Å². The zero-order chi connectivity index (χ0) is 15.7. The number of hydrogen-bond acceptors (Lipinski definition) is 4. The van der Waals surface area contributed by atoms with E-state index >= 15 is 0 Å². The van der Waals surface area contributed by atoms with Crippen molar-refractivity contribution in [1.82, 2.24) is 15.1 Å². The Hall–Kier alpha value is -2.08. The molecule has 0 aromatic heterocycles. The molecule has 2 amide bonds. The lowest BCUT2D eigenvalue weighted by atomic mass is 10.0. The van der Waals surface area contributed by atoms with Crippen LogP contribution in [-0.2, 0) is 16.1 Å². The number of nitrogens with one attached hydrogen (secondary N) is 1. The van der Waals surface area contributed by atoms with Gasteiger partial charge < -0.3 is 15.0 Å². The number of benzene rings is 1. The van der Waals surface area contributed by atoms with E-state index in [1.807, 2.05) is 24.3 Å². The average Bonchev–Trinajstić information content (AvgIpc) is 2.53. The summed E-state index contributed by atoms with van der Waals surface area (Å²) >= 11 is 0. The monoisotopic (exact) mass is 303 g/mol. The fourth-order valence-corrected chi connectivity index (χ4v) is 3.17. The van der Waals surface area contributed by atoms with Crippen molar-refractivity contribution in [2.24, 2.45) is 0 Å². The van der Waals surface area contributed by atoms with Crippen LogP contribution in [0.4, 0.5) is 0 Å². The minimum Gasteiger partial charge on any atom is -0.496 e. The van der Waals surface area contributed by atoms with Gasteiger partial charge in [0.2, 0.25) is 11.8 Å². The zero-order valence-corrected chi connectivity index (χ0v) is 12.9. The van der Waals surface area contributed by atoms with Gasteiger partial charge in [-0.2, -0.15) is 0 Å². The number of amides is 2. The minimum atomic E-state index is -0.412. The van der Waals surface area contributed by atoms with Crippen LogP contribution in [0.2, 0.25) is 0 Å². The molecule has 1 aromatic carbocycles. The third-order valence-electron chi connectivity index (χ3n) is 4.37. The van der Waals surface area contributed by atoms with Crippen molar-refractivity contribution in [3.63, 3.8) is 0 Å². The fourth-order valence-electron chi connectivity index (χ4n) is 3.17. The lowest BCUT2D eigenvalue weighted by Gasteiger charge is -2.44. The summed E-state index contributed by atoms with van der Waals surface area (Å²) in [4.78, 5) is 28.2. The lowest BCUT2D eigenvalue weighted by molar-refractivity contribution is -0.152. The number of hydrogen-bond donors (Lipinski definition) is 1. The van der Waals surface area contributed by atoms with Gasteiger partial charge in [-0.05, 0) is 13.0 Å². The Bertz CT molecular complexity index is 590. The van der Waals surface area contributed by atoms with E-state index in [4.69, 9.17) is 4.74 Å². The number of fused-ring (bicyclic) bond motifs is 1. The predicted octanol–water partition coefficient (Wildman–Crippen LogP) is 0.226. The van der Waals surface area contributed by atoms with Crippen molar-refractivity contribution in [3.8, 4) is 5.75 Å². The molecule has 22 heavy (non-hydrogen) atoms. The average molecular weight is 303 g/mol. The van der Waals surface area contributed by atoms with Gasteiger partial charge >= 0.3 is 0 Å². The van der Waals surface area contributed by atoms with Gasteiger partial charge in [-0.15, -0.1) is 0 Å². The van der Waals surface area contributed by atoms with Gasteiger partial charge in [-0.1, -0.05) is 18.2 Å². The largest absolute Gasteiger partial charge is 0.496 e. The van der Waals surface area contributed by atoms with E-state index in [-0.39, 0.29) is 17.9 Å². The molecule has 2 atom stereocenters. The smallest absolute Gasteiger partial charge is 0.245 e. The Morgan fingerprint density at radius 3 is 2.82 bits per heavy atom. The molecule has 0 unspecified atom stereocenters. The number of ether oxygens (including phenoxy) is 1. The third-order valence-corrected chi connectivity index (χ3v) is 4.37. The van der Waals surface area contributed by atoms with Crippen molar-refractivity contribution < 1.29 is 14.3 Å². The molecule has 0 radical (unpaired) electrons. The lowest BCUT2D eigenvalue weighted by Crippen LogP contribution is -2.68. The number of carbonyl (C=O) groups is 2. The Morgan fingerprint density at radius 2 is 2.05 bits per heavy atom. The highest BCUT2D eigenvalue weighted by Crippen LogP contribution is 2.22. The molecule has 2 fully saturated rings. The van der Waals surface area contributed by atoms with Crippen LogP contribution < -0.4 is 10.1 Å². The van der Waals surface area contributed by atoms with Crippen LogP contribution in [-0.4, -0.2) is 60.4 Å². The number of rotatable bonds is 3. The molecule has 0 bridgehead atoms. The summed E-state index contributed by atoms with van der Waals surface area (Å²) in [6.07, 6.45) is 0. The van der Waals surface area contributed by atoms with Gasteiger partial charge in [0.05, 0.1) is 7.11 Å². The quantitative estimate of drug-likeness (QED) is 0.868. The normalized spacial score (nSPS) is 25.6. The second-order valence-electron chi connectivity index (χ2n) is 5.82. The molecule has 6 nitrogen and oxygen atoms in total. The predicted molar refractivity (Wildman–Crippen MR) is 81.4 cm³/mol. The van der Waals surface area contributed by atoms with E-state index in [1.165, 1.54) is 0 Å². The number of carbonyl (C=O) groups excluding carboxylic acids is 2. The number of methoxy groups -OCH3 is 1. The molecular weight excluding hydrogens is 282 g/mol. The van der Waals surface area contributed by atoms with Crippen LogP contribution in [0.1, 0.15) is 12.5 Å². The minimum absolute atomic E-state index is 0.0153. The van der Waals surface area contributed by atoms with Crippen LogP contribution >= 0.6 is 0 Å². The number of para-hydroxylation sites is 1. The number of nitrogens with zero attached hydrogens (tertiary/aromatic N) is 2. The van der Waals surface area contributed by atoms with Gasteiger partial charge in [-0.25, -0.2) is 0 Å². The summed E-state index contributed by atoms with van der Waals surface area (Å²) in [6, 6.07) is 7.09. The van der Waals surface area contributed by atoms with E-state index in [1.54, 1.807) is 18.9 Å². The first-order chi connectivity index (χ1) is 10.6. The van der Waals surface area contributed by atoms with Crippen LogP contribution in [0, 0.1) is 0 Å². The Kier molecular flexibility index (Phi) is 4.02. The highest BCUT2D eigenvalue weighted by Gasteiger charge is 2.41. The first-order valence-electron chi connectivity index (χ1n) is 7.55. The summed E-state index contributed by atoms with van der Waals surface area (Å²) in [6.45, 7) is 4.36. The van der Waals surface area contributed by atoms with Crippen molar-refractivity contribution in [2.75, 3.05) is 26.7 Å². The van der Waals surface area contributed by atoms with Crippen LogP contribution in [0.3, 0.4) is 0 Å². The second-order valence-corrected chi connectivity index (χ2v) is 5.82. The van der Waals surface area contributed by atoms with Gasteiger partial charge in [-0.3, -0.25) is 14.5 Å². The van der Waals surface area contributed by atoms with Gasteiger partial charge in [0.15, 0.2) is 0 Å². The molecule has 3 rings (SSSR count). The zero-order valence-electron chi connectivity index (χ0n) is 12.9. The van der Waals surface area contributed by atoms with Crippen molar-refractivity contribution in [2.45, 2.75) is 25.6 Å². The van der Waals surface area contributed by atoms with E-state index in [0.29, 0.717) is 19.6 Å². The summed E-state index contributed by atoms with van der Waals surface area (Å²) in [5.74, 6) is 0.807. The number of piperazine rings is 2. The molecule has 118 valence electrons. The molecule has 1 N–H and O–H groups in total. The summed E-state index contributed by atoms with van der Waals surface area (Å²) in [5, 5.41) is 2.75. The van der Waals surface area contributed by atoms with E-state index in [0.717, 1.165) is 17.9 Å². The third kappa shape index (κ3) is 2.66.